The Morgan fingerprint density at radius 3 is 2.50 bits per heavy atom. The van der Waals surface area contributed by atoms with Gasteiger partial charge in [-0.3, -0.25) is 19.2 Å². The van der Waals surface area contributed by atoms with E-state index in [9.17, 15) is 24.0 Å². The lowest BCUT2D eigenvalue weighted by molar-refractivity contribution is -0.153. The quantitative estimate of drug-likeness (QED) is 0.182. The largest absolute Gasteiger partial charge is 0.456 e. The van der Waals surface area contributed by atoms with Gasteiger partial charge in [0.25, 0.3) is 5.91 Å². The Kier molecular flexibility index (Phi) is 12.3. The van der Waals surface area contributed by atoms with Gasteiger partial charge in [-0.1, -0.05) is 61.4 Å². The van der Waals surface area contributed by atoms with Crippen molar-refractivity contribution in [3.8, 4) is 0 Å². The van der Waals surface area contributed by atoms with Crippen LogP contribution in [0.4, 0.5) is 0 Å². The third-order valence-corrected chi connectivity index (χ3v) is 7.74. The average Bonchev–Trinajstić information content (AvgIpc) is 2.80. The van der Waals surface area contributed by atoms with Crippen LogP contribution in [0.1, 0.15) is 47.0 Å². The molecule has 0 aliphatic carbocycles. The van der Waals surface area contributed by atoms with Crippen LogP contribution < -0.4 is 21.3 Å². The Hall–Kier alpha value is -2.47. The second kappa shape index (κ2) is 14.9. The van der Waals surface area contributed by atoms with Gasteiger partial charge in [0.15, 0.2) is 0 Å². The monoisotopic (exact) mass is 540 g/mol. The van der Waals surface area contributed by atoms with E-state index in [0.717, 1.165) is 0 Å². The van der Waals surface area contributed by atoms with Crippen molar-refractivity contribution in [2.75, 3.05) is 18.1 Å². The predicted octanol–water partition coefficient (Wildman–Crippen LogP) is 1.43. The molecule has 2 heterocycles. The van der Waals surface area contributed by atoms with Gasteiger partial charge >= 0.3 is 5.97 Å². The highest BCUT2D eigenvalue weighted by atomic mass is 33.1. The van der Waals surface area contributed by atoms with Gasteiger partial charge < -0.3 is 26.0 Å². The zero-order chi connectivity index (χ0) is 26.7. The standard InChI is InChI=1S/C24H36N4O6S2/c1-14(2)8-9-17-22(31)28-21(15(3)4)24(33)34-16-7-5-6-10-35-36-13-18(23(32)27-17)26-20(30)12-25-19(29)11-16/h5,7,9,14-16,18,21H,6,8,10-13H2,1-4H3,(H,25,29)(H,26,30)(H,27,32)(H,28,31)/b7-5+,17-9-/t16-,18-,21+/m1/s1. The SMILES string of the molecule is CC(C)C/C=C1\NC(=O)[C@H]2CSSCC/C=C/[C@H](CC(=O)NCC(=O)N2)OC(=O)[C@H](C(C)C)NC1=O. The second-order valence-electron chi connectivity index (χ2n) is 9.33. The van der Waals surface area contributed by atoms with Crippen molar-refractivity contribution in [1.82, 2.24) is 21.3 Å². The number of hydrogen-bond donors (Lipinski definition) is 4. The number of amides is 4. The number of ether oxygens (including phenoxy) is 1. The Morgan fingerprint density at radius 1 is 1.06 bits per heavy atom. The molecule has 0 aromatic carbocycles. The van der Waals surface area contributed by atoms with Crippen LogP contribution >= 0.6 is 21.6 Å². The predicted molar refractivity (Wildman–Crippen MR) is 141 cm³/mol. The van der Waals surface area contributed by atoms with Gasteiger partial charge in [0.05, 0.1) is 13.0 Å². The molecule has 4 amide bonds. The fraction of sp³-hybridized carbons (Fsp3) is 0.625. The third-order valence-electron chi connectivity index (χ3n) is 5.29. The number of allylic oxidation sites excluding steroid dienone is 2. The first-order valence-electron chi connectivity index (χ1n) is 12.1. The van der Waals surface area contributed by atoms with Crippen molar-refractivity contribution < 1.29 is 28.7 Å². The molecule has 2 rings (SSSR count). The highest BCUT2D eigenvalue weighted by molar-refractivity contribution is 8.76. The summed E-state index contributed by atoms with van der Waals surface area (Å²) in [4.78, 5) is 64.4. The van der Waals surface area contributed by atoms with E-state index in [0.29, 0.717) is 18.6 Å². The number of rotatable bonds is 3. The molecule has 3 atom stereocenters. The highest BCUT2D eigenvalue weighted by Crippen LogP contribution is 2.23. The number of fused-ring (bicyclic) bond motifs is 7. The minimum atomic E-state index is -0.999. The number of esters is 1. The van der Waals surface area contributed by atoms with Crippen molar-refractivity contribution in [3.05, 3.63) is 23.9 Å². The molecule has 0 unspecified atom stereocenters. The zero-order valence-corrected chi connectivity index (χ0v) is 22.8. The Labute approximate surface area is 220 Å². The molecule has 0 aromatic heterocycles. The molecule has 4 N–H and O–H groups in total. The molecule has 0 saturated carbocycles. The molecule has 200 valence electrons. The van der Waals surface area contributed by atoms with Crippen molar-refractivity contribution in [3.63, 3.8) is 0 Å². The lowest BCUT2D eigenvalue weighted by Crippen LogP contribution is -2.53. The van der Waals surface area contributed by atoms with Crippen LogP contribution in [0.25, 0.3) is 0 Å². The number of hydrogen-bond acceptors (Lipinski definition) is 8. The Bertz CT molecular complexity index is 890. The van der Waals surface area contributed by atoms with Gasteiger partial charge in [0.2, 0.25) is 17.7 Å². The maximum atomic E-state index is 13.2. The van der Waals surface area contributed by atoms with Gasteiger partial charge in [0.1, 0.15) is 23.9 Å². The minimum Gasteiger partial charge on any atom is -0.456 e. The van der Waals surface area contributed by atoms with E-state index in [1.54, 1.807) is 26.0 Å². The van der Waals surface area contributed by atoms with Crippen molar-refractivity contribution in [2.45, 2.75) is 65.1 Å². The van der Waals surface area contributed by atoms with Crippen LogP contribution in [0.5, 0.6) is 0 Å². The lowest BCUT2D eigenvalue weighted by Gasteiger charge is -2.25. The molecular weight excluding hydrogens is 504 g/mol. The fourth-order valence-electron chi connectivity index (χ4n) is 3.26. The van der Waals surface area contributed by atoms with Crippen molar-refractivity contribution in [1.29, 1.82) is 0 Å². The van der Waals surface area contributed by atoms with Crippen molar-refractivity contribution >= 4 is 51.2 Å². The Balaban J connectivity index is 2.50. The third kappa shape index (κ3) is 10.3. The summed E-state index contributed by atoms with van der Waals surface area (Å²) in [6.45, 7) is 7.14. The summed E-state index contributed by atoms with van der Waals surface area (Å²) in [5.74, 6) is -2.03. The molecule has 12 heteroatoms. The maximum Gasteiger partial charge on any atom is 0.329 e. The van der Waals surface area contributed by atoms with Crippen molar-refractivity contribution in [2.24, 2.45) is 11.8 Å². The molecule has 1 fully saturated rings. The molecule has 2 aliphatic heterocycles. The first-order valence-corrected chi connectivity index (χ1v) is 14.5. The molecular formula is C24H36N4O6S2. The minimum absolute atomic E-state index is 0.00483. The maximum absolute atomic E-state index is 13.2. The summed E-state index contributed by atoms with van der Waals surface area (Å²) in [5.41, 5.74) is 0.00483. The summed E-state index contributed by atoms with van der Waals surface area (Å²) < 4.78 is 5.62. The molecule has 36 heavy (non-hydrogen) atoms. The first-order chi connectivity index (χ1) is 17.1. The molecule has 2 aliphatic rings. The molecule has 10 nitrogen and oxygen atoms in total. The average molecular weight is 541 g/mol. The Morgan fingerprint density at radius 2 is 1.81 bits per heavy atom. The van der Waals surface area contributed by atoms with Gasteiger partial charge in [-0.15, -0.1) is 0 Å². The molecule has 0 aromatic rings. The smallest absolute Gasteiger partial charge is 0.329 e. The van der Waals surface area contributed by atoms with Crippen LogP contribution in [0.2, 0.25) is 0 Å². The van der Waals surface area contributed by atoms with Crippen LogP contribution in [0, 0.1) is 11.8 Å². The van der Waals surface area contributed by atoms with Crippen LogP contribution in [-0.4, -0.2) is 65.8 Å². The first kappa shape index (κ1) is 29.8. The molecule has 0 spiro atoms. The van der Waals surface area contributed by atoms with Crippen LogP contribution in [0.15, 0.2) is 23.9 Å². The van der Waals surface area contributed by atoms with Crippen LogP contribution in [0.3, 0.4) is 0 Å². The van der Waals surface area contributed by atoms with E-state index in [-0.39, 0.29) is 36.3 Å². The topological polar surface area (TPSA) is 143 Å². The zero-order valence-electron chi connectivity index (χ0n) is 21.1. The van der Waals surface area contributed by atoms with Gasteiger partial charge in [0, 0.05) is 11.5 Å². The van der Waals surface area contributed by atoms with Gasteiger partial charge in [-0.25, -0.2) is 4.79 Å². The fourth-order valence-corrected chi connectivity index (χ4v) is 5.42. The highest BCUT2D eigenvalue weighted by Gasteiger charge is 2.31. The van der Waals surface area contributed by atoms with Crippen LogP contribution in [-0.2, 0) is 28.7 Å². The number of nitrogens with one attached hydrogen (secondary N) is 4. The van der Waals surface area contributed by atoms with E-state index in [1.807, 2.05) is 19.9 Å². The van der Waals surface area contributed by atoms with E-state index in [1.165, 1.54) is 21.6 Å². The second-order valence-corrected chi connectivity index (χ2v) is 12.0. The van der Waals surface area contributed by atoms with E-state index in [2.05, 4.69) is 21.3 Å². The lowest BCUT2D eigenvalue weighted by atomic mass is 10.0. The number of carbonyl (C=O) groups excluding carboxylic acids is 5. The molecule has 0 radical (unpaired) electrons. The van der Waals surface area contributed by atoms with E-state index >= 15 is 0 Å². The summed E-state index contributed by atoms with van der Waals surface area (Å²) >= 11 is 0. The molecule has 2 bridgehead atoms. The summed E-state index contributed by atoms with van der Waals surface area (Å²) in [7, 11) is 2.95. The summed E-state index contributed by atoms with van der Waals surface area (Å²) in [6.07, 6.45) is 5.23. The number of carbonyl (C=O) groups is 5. The van der Waals surface area contributed by atoms with E-state index < -0.39 is 47.8 Å². The molecule has 1 saturated heterocycles. The van der Waals surface area contributed by atoms with E-state index in [4.69, 9.17) is 4.74 Å². The normalized spacial score (nSPS) is 27.6. The van der Waals surface area contributed by atoms with Gasteiger partial charge in [-0.05, 0) is 30.8 Å². The summed E-state index contributed by atoms with van der Waals surface area (Å²) in [6, 6.07) is -1.93. The van der Waals surface area contributed by atoms with Gasteiger partial charge in [-0.2, -0.15) is 0 Å². The summed E-state index contributed by atoms with van der Waals surface area (Å²) in [5, 5.41) is 10.5.